The first-order valence-corrected chi connectivity index (χ1v) is 7.22. The molecule has 0 aliphatic carbocycles. The molecular weight excluding hydrogens is 337 g/mol. The van der Waals surface area contributed by atoms with Crippen LogP contribution in [0.15, 0.2) is 47.1 Å². The third kappa shape index (κ3) is 2.77. The molecule has 2 aromatic heterocycles. The van der Waals surface area contributed by atoms with E-state index in [4.69, 9.17) is 4.74 Å². The first kappa shape index (κ1) is 14.0. The monoisotopic (exact) mass is 349 g/mol. The molecule has 21 heavy (non-hydrogen) atoms. The van der Waals surface area contributed by atoms with Gasteiger partial charge < -0.3 is 10.1 Å². The van der Waals surface area contributed by atoms with Crippen LogP contribution in [0.2, 0.25) is 0 Å². The molecule has 3 rings (SSSR count). The van der Waals surface area contributed by atoms with Crippen LogP contribution in [0.4, 0.5) is 4.39 Å². The third-order valence-corrected chi connectivity index (χ3v) is 3.69. The third-order valence-electron chi connectivity index (χ3n) is 3.04. The summed E-state index contributed by atoms with van der Waals surface area (Å²) in [6.45, 7) is 0.591. The molecule has 108 valence electrons. The van der Waals surface area contributed by atoms with Crippen molar-refractivity contribution in [3.05, 3.63) is 58.6 Å². The zero-order valence-electron chi connectivity index (χ0n) is 11.3. The molecule has 0 atom stereocenters. The summed E-state index contributed by atoms with van der Waals surface area (Å²) in [6, 6.07) is 10.0. The fourth-order valence-electron chi connectivity index (χ4n) is 2.09. The first-order valence-electron chi connectivity index (χ1n) is 6.42. The molecule has 0 aliphatic heterocycles. The average Bonchev–Trinajstić information content (AvgIpc) is 2.81. The minimum atomic E-state index is -0.355. The van der Waals surface area contributed by atoms with Crippen molar-refractivity contribution in [1.29, 1.82) is 0 Å². The largest absolute Gasteiger partial charge is 0.436 e. The topological polar surface area (TPSA) is 38.6 Å². The molecule has 0 aliphatic rings. The van der Waals surface area contributed by atoms with Crippen molar-refractivity contribution >= 4 is 21.6 Å². The molecule has 4 nitrogen and oxygen atoms in total. The Morgan fingerprint density at radius 3 is 3.00 bits per heavy atom. The average molecular weight is 350 g/mol. The predicted octanol–water partition coefficient (Wildman–Crippen LogP) is 3.75. The fraction of sp³-hybridized carbons (Fsp3) is 0.133. The van der Waals surface area contributed by atoms with Crippen molar-refractivity contribution in [2.75, 3.05) is 7.05 Å². The number of benzene rings is 1. The Labute approximate surface area is 129 Å². The molecule has 0 unspecified atom stereocenters. The summed E-state index contributed by atoms with van der Waals surface area (Å²) in [6.07, 6.45) is 1.92. The zero-order chi connectivity index (χ0) is 14.8. The second kappa shape index (κ2) is 5.83. The van der Waals surface area contributed by atoms with E-state index in [0.717, 1.165) is 11.3 Å². The van der Waals surface area contributed by atoms with E-state index in [-0.39, 0.29) is 5.82 Å². The highest BCUT2D eigenvalue weighted by molar-refractivity contribution is 9.10. The number of ether oxygens (including phenoxy) is 1. The van der Waals surface area contributed by atoms with Crippen LogP contribution in [-0.2, 0) is 6.54 Å². The lowest BCUT2D eigenvalue weighted by molar-refractivity contribution is 0.450. The quantitative estimate of drug-likeness (QED) is 0.779. The molecule has 6 heteroatoms. The maximum absolute atomic E-state index is 13.4. The lowest BCUT2D eigenvalue weighted by Crippen LogP contribution is -2.08. The molecule has 0 radical (unpaired) electrons. The van der Waals surface area contributed by atoms with Gasteiger partial charge in [0.1, 0.15) is 22.9 Å². The van der Waals surface area contributed by atoms with E-state index in [1.165, 1.54) is 12.1 Å². The molecule has 0 saturated carbocycles. The summed E-state index contributed by atoms with van der Waals surface area (Å²) in [5.74, 6) is 0.504. The molecule has 0 saturated heterocycles. The number of nitrogens with one attached hydrogen (secondary N) is 1. The summed E-state index contributed by atoms with van der Waals surface area (Å²) >= 11 is 3.35. The summed E-state index contributed by atoms with van der Waals surface area (Å²) in [5, 5.41) is 3.09. The number of imidazole rings is 1. The molecule has 1 N–H and O–H groups in total. The minimum Gasteiger partial charge on any atom is -0.436 e. The Hall–Kier alpha value is -1.92. The van der Waals surface area contributed by atoms with Gasteiger partial charge >= 0.3 is 0 Å². The second-order valence-electron chi connectivity index (χ2n) is 4.50. The van der Waals surface area contributed by atoms with Crippen molar-refractivity contribution in [3.63, 3.8) is 0 Å². The maximum atomic E-state index is 13.4. The molecule has 3 aromatic rings. The van der Waals surface area contributed by atoms with Gasteiger partial charge in [-0.2, -0.15) is 4.98 Å². The van der Waals surface area contributed by atoms with E-state index >= 15 is 0 Å². The van der Waals surface area contributed by atoms with Crippen molar-refractivity contribution in [2.45, 2.75) is 6.54 Å². The van der Waals surface area contributed by atoms with Crippen LogP contribution in [0.3, 0.4) is 0 Å². The standard InChI is InChI=1S/C15H13BrFN3O/c1-18-9-12-15(19-14-4-2-3-7-20(12)14)21-13-8-10(17)5-6-11(13)16/h2-8,18H,9H2,1H3. The molecule has 0 bridgehead atoms. The van der Waals surface area contributed by atoms with Crippen LogP contribution < -0.4 is 10.1 Å². The van der Waals surface area contributed by atoms with Gasteiger partial charge in [-0.3, -0.25) is 4.40 Å². The fourth-order valence-corrected chi connectivity index (χ4v) is 2.42. The van der Waals surface area contributed by atoms with E-state index in [2.05, 4.69) is 26.2 Å². The van der Waals surface area contributed by atoms with Crippen LogP contribution in [0.1, 0.15) is 5.69 Å². The van der Waals surface area contributed by atoms with E-state index in [1.807, 2.05) is 35.8 Å². The lowest BCUT2D eigenvalue weighted by atomic mass is 10.3. The van der Waals surface area contributed by atoms with Crippen molar-refractivity contribution in [3.8, 4) is 11.6 Å². The number of rotatable bonds is 4. The van der Waals surface area contributed by atoms with E-state index < -0.39 is 0 Å². The van der Waals surface area contributed by atoms with E-state index in [9.17, 15) is 4.39 Å². The van der Waals surface area contributed by atoms with E-state index in [1.54, 1.807) is 6.07 Å². The van der Waals surface area contributed by atoms with Crippen LogP contribution in [0, 0.1) is 5.82 Å². The summed E-state index contributed by atoms with van der Waals surface area (Å²) in [5.41, 5.74) is 1.66. The van der Waals surface area contributed by atoms with Gasteiger partial charge in [0.15, 0.2) is 0 Å². The maximum Gasteiger partial charge on any atom is 0.242 e. The van der Waals surface area contributed by atoms with Crippen molar-refractivity contribution < 1.29 is 9.13 Å². The zero-order valence-corrected chi connectivity index (χ0v) is 12.9. The number of fused-ring (bicyclic) bond motifs is 1. The Morgan fingerprint density at radius 1 is 1.33 bits per heavy atom. The normalized spacial score (nSPS) is 11.0. The minimum absolute atomic E-state index is 0.355. The Morgan fingerprint density at radius 2 is 2.19 bits per heavy atom. The molecule has 1 aromatic carbocycles. The van der Waals surface area contributed by atoms with Crippen LogP contribution in [0.5, 0.6) is 11.6 Å². The van der Waals surface area contributed by atoms with Gasteiger partial charge in [0.2, 0.25) is 5.88 Å². The smallest absolute Gasteiger partial charge is 0.242 e. The highest BCUT2D eigenvalue weighted by atomic mass is 79.9. The summed E-state index contributed by atoms with van der Waals surface area (Å²) in [4.78, 5) is 4.45. The van der Waals surface area contributed by atoms with Gasteiger partial charge in [-0.1, -0.05) is 6.07 Å². The van der Waals surface area contributed by atoms with Gasteiger partial charge in [0, 0.05) is 18.8 Å². The van der Waals surface area contributed by atoms with Crippen molar-refractivity contribution in [1.82, 2.24) is 14.7 Å². The highest BCUT2D eigenvalue weighted by Crippen LogP contribution is 2.32. The van der Waals surface area contributed by atoms with Gasteiger partial charge in [-0.05, 0) is 47.2 Å². The molecule has 0 amide bonds. The molecule has 2 heterocycles. The predicted molar refractivity (Wildman–Crippen MR) is 82.1 cm³/mol. The number of hydrogen-bond donors (Lipinski definition) is 1. The molecule has 0 fully saturated rings. The van der Waals surface area contributed by atoms with E-state index in [0.29, 0.717) is 22.6 Å². The number of nitrogens with zero attached hydrogens (tertiary/aromatic N) is 2. The molecule has 0 spiro atoms. The second-order valence-corrected chi connectivity index (χ2v) is 5.35. The molecular formula is C15H13BrFN3O. The Kier molecular flexibility index (Phi) is 3.90. The van der Waals surface area contributed by atoms with Gasteiger partial charge in [-0.25, -0.2) is 4.39 Å². The van der Waals surface area contributed by atoms with Crippen LogP contribution in [-0.4, -0.2) is 16.4 Å². The number of hydrogen-bond acceptors (Lipinski definition) is 3. The number of halogens is 2. The van der Waals surface area contributed by atoms with Crippen LogP contribution in [0.25, 0.3) is 5.65 Å². The lowest BCUT2D eigenvalue weighted by Gasteiger charge is -2.08. The first-order chi connectivity index (χ1) is 10.2. The SMILES string of the molecule is CNCc1c(Oc2cc(F)ccc2Br)nc2ccccn12. The Bertz CT molecular complexity index is 788. The number of aromatic nitrogens is 2. The summed E-state index contributed by atoms with van der Waals surface area (Å²) in [7, 11) is 1.85. The highest BCUT2D eigenvalue weighted by Gasteiger charge is 2.15. The van der Waals surface area contributed by atoms with Crippen LogP contribution >= 0.6 is 15.9 Å². The van der Waals surface area contributed by atoms with Gasteiger partial charge in [0.25, 0.3) is 0 Å². The van der Waals surface area contributed by atoms with Crippen molar-refractivity contribution in [2.24, 2.45) is 0 Å². The van der Waals surface area contributed by atoms with Gasteiger partial charge in [0.05, 0.1) is 4.47 Å². The summed E-state index contributed by atoms with van der Waals surface area (Å²) < 4.78 is 21.8. The Balaban J connectivity index is 2.07. The van der Waals surface area contributed by atoms with Gasteiger partial charge in [-0.15, -0.1) is 0 Å². The number of pyridine rings is 1.